The van der Waals surface area contributed by atoms with Crippen molar-refractivity contribution >= 4 is 46.7 Å². The van der Waals surface area contributed by atoms with Crippen molar-refractivity contribution in [3.05, 3.63) is 75.3 Å². The number of likely N-dealkylation sites (tertiary alicyclic amines) is 1. The number of fused-ring (bicyclic) bond motifs is 1. The highest BCUT2D eigenvalue weighted by Gasteiger charge is 2.49. The molecule has 4 heterocycles. The third kappa shape index (κ3) is 6.92. The molecule has 0 saturated carbocycles. The SMILES string of the molecule is CC1(C)CCC(C(=O)N2CCN(C3CCN(C(=O)c4ccc5c(c4)C(=O)N(C4CCC(=O)NC4=O)C5)CC3(F)F)CC2)=C(c2ccc(Cl)cc2)C1. The molecule has 13 heteroatoms. The summed E-state index contributed by atoms with van der Waals surface area (Å²) in [7, 11) is 0. The Labute approximate surface area is 300 Å². The van der Waals surface area contributed by atoms with Crippen LogP contribution in [0.4, 0.5) is 8.78 Å². The van der Waals surface area contributed by atoms with E-state index < -0.39 is 42.3 Å². The summed E-state index contributed by atoms with van der Waals surface area (Å²) >= 11 is 6.13. The number of hydrogen-bond acceptors (Lipinski definition) is 6. The number of nitrogens with one attached hydrogen (secondary N) is 1. The average Bonchev–Trinajstić information content (AvgIpc) is 3.42. The summed E-state index contributed by atoms with van der Waals surface area (Å²) < 4.78 is 31.6. The van der Waals surface area contributed by atoms with E-state index in [9.17, 15) is 24.0 Å². The van der Waals surface area contributed by atoms with Crippen molar-refractivity contribution in [2.24, 2.45) is 5.41 Å². The fourth-order valence-electron chi connectivity index (χ4n) is 8.30. The Kier molecular flexibility index (Phi) is 9.28. The molecule has 4 aliphatic heterocycles. The van der Waals surface area contributed by atoms with Crippen LogP contribution in [0.25, 0.3) is 5.57 Å². The first-order valence-electron chi connectivity index (χ1n) is 17.7. The zero-order valence-electron chi connectivity index (χ0n) is 28.9. The highest BCUT2D eigenvalue weighted by Crippen LogP contribution is 2.44. The van der Waals surface area contributed by atoms with Gasteiger partial charge in [0.2, 0.25) is 17.7 Å². The molecule has 10 nitrogen and oxygen atoms in total. The van der Waals surface area contributed by atoms with Crippen LogP contribution in [0.15, 0.2) is 48.0 Å². The van der Waals surface area contributed by atoms with E-state index in [1.165, 1.54) is 17.0 Å². The summed E-state index contributed by atoms with van der Waals surface area (Å²) in [6.07, 6.45) is 2.72. The smallest absolute Gasteiger partial charge is 0.280 e. The predicted octanol–water partition coefficient (Wildman–Crippen LogP) is 4.76. The van der Waals surface area contributed by atoms with Crippen LogP contribution in [0.3, 0.4) is 0 Å². The molecule has 51 heavy (non-hydrogen) atoms. The van der Waals surface area contributed by atoms with Crippen LogP contribution in [-0.2, 0) is 20.9 Å². The van der Waals surface area contributed by atoms with Gasteiger partial charge in [0.05, 0.1) is 12.6 Å². The number of piperazine rings is 1. The Morgan fingerprint density at radius 1 is 0.882 bits per heavy atom. The number of piperidine rings is 2. The second-order valence-corrected chi connectivity index (χ2v) is 15.6. The molecule has 7 rings (SSSR count). The number of carbonyl (C=O) groups excluding carboxylic acids is 5. The molecule has 1 N–H and O–H groups in total. The van der Waals surface area contributed by atoms with E-state index in [1.807, 2.05) is 24.3 Å². The van der Waals surface area contributed by atoms with Crippen molar-refractivity contribution in [2.45, 2.75) is 76.9 Å². The topological polar surface area (TPSA) is 110 Å². The third-order valence-electron chi connectivity index (χ3n) is 11.2. The monoisotopic (exact) mass is 721 g/mol. The first-order valence-corrected chi connectivity index (χ1v) is 18.0. The van der Waals surface area contributed by atoms with Gasteiger partial charge in [-0.05, 0) is 78.5 Å². The summed E-state index contributed by atoms with van der Waals surface area (Å²) in [6, 6.07) is 10.3. The van der Waals surface area contributed by atoms with Gasteiger partial charge in [-0.1, -0.05) is 43.6 Å². The van der Waals surface area contributed by atoms with E-state index >= 15 is 8.78 Å². The highest BCUT2D eigenvalue weighted by molar-refractivity contribution is 6.30. The van der Waals surface area contributed by atoms with Gasteiger partial charge in [-0.2, -0.15) is 0 Å². The van der Waals surface area contributed by atoms with E-state index in [0.29, 0.717) is 43.2 Å². The van der Waals surface area contributed by atoms with Crippen molar-refractivity contribution in [3.8, 4) is 0 Å². The van der Waals surface area contributed by atoms with Gasteiger partial charge in [0.1, 0.15) is 6.04 Å². The molecular formula is C38H42ClF2N5O5. The van der Waals surface area contributed by atoms with Crippen molar-refractivity contribution in [2.75, 3.05) is 39.3 Å². The second-order valence-electron chi connectivity index (χ2n) is 15.2. The van der Waals surface area contributed by atoms with Crippen LogP contribution >= 0.6 is 11.6 Å². The summed E-state index contributed by atoms with van der Waals surface area (Å²) in [6.45, 7) is 5.24. The molecule has 1 aliphatic carbocycles. The Morgan fingerprint density at radius 2 is 1.61 bits per heavy atom. The van der Waals surface area contributed by atoms with Gasteiger partial charge >= 0.3 is 0 Å². The Bertz CT molecular complexity index is 1820. The summed E-state index contributed by atoms with van der Waals surface area (Å²) in [5, 5.41) is 2.89. The highest BCUT2D eigenvalue weighted by atomic mass is 35.5. The van der Waals surface area contributed by atoms with Crippen LogP contribution in [0.2, 0.25) is 5.02 Å². The lowest BCUT2D eigenvalue weighted by atomic mass is 9.72. The van der Waals surface area contributed by atoms with Gasteiger partial charge in [0, 0.05) is 67.4 Å². The van der Waals surface area contributed by atoms with Crippen molar-refractivity contribution < 1.29 is 32.8 Å². The number of alkyl halides is 2. The molecule has 2 atom stereocenters. The number of allylic oxidation sites excluding steroid dienone is 1. The average molecular weight is 722 g/mol. The minimum Gasteiger partial charge on any atom is -0.336 e. The number of imide groups is 1. The lowest BCUT2D eigenvalue weighted by Gasteiger charge is -2.46. The fraction of sp³-hybridized carbons (Fsp3) is 0.500. The van der Waals surface area contributed by atoms with Crippen LogP contribution in [-0.4, -0.2) is 106 Å². The number of nitrogens with zero attached hydrogens (tertiary/aromatic N) is 4. The second kappa shape index (κ2) is 13.4. The van der Waals surface area contributed by atoms with Crippen LogP contribution in [0, 0.1) is 5.41 Å². The van der Waals surface area contributed by atoms with Gasteiger partial charge in [-0.3, -0.25) is 34.2 Å². The third-order valence-corrected chi connectivity index (χ3v) is 11.4. The first-order chi connectivity index (χ1) is 24.2. The number of hydrogen-bond donors (Lipinski definition) is 1. The molecule has 270 valence electrons. The minimum atomic E-state index is -3.19. The minimum absolute atomic E-state index is 0.0321. The summed E-state index contributed by atoms with van der Waals surface area (Å²) in [5.74, 6) is -5.15. The van der Waals surface area contributed by atoms with E-state index in [0.717, 1.165) is 34.5 Å². The lowest BCUT2D eigenvalue weighted by Crippen LogP contribution is -2.63. The Balaban J connectivity index is 0.978. The fourth-order valence-corrected chi connectivity index (χ4v) is 8.43. The van der Waals surface area contributed by atoms with Crippen LogP contribution in [0.1, 0.15) is 84.2 Å². The quantitative estimate of drug-likeness (QED) is 0.447. The van der Waals surface area contributed by atoms with Crippen LogP contribution in [0.5, 0.6) is 0 Å². The van der Waals surface area contributed by atoms with Gasteiger partial charge < -0.3 is 14.7 Å². The molecule has 0 spiro atoms. The van der Waals surface area contributed by atoms with Crippen molar-refractivity contribution in [1.29, 1.82) is 0 Å². The predicted molar refractivity (Wildman–Crippen MR) is 186 cm³/mol. The van der Waals surface area contributed by atoms with Gasteiger partial charge in [-0.25, -0.2) is 8.78 Å². The zero-order valence-corrected chi connectivity index (χ0v) is 29.6. The molecule has 0 aromatic heterocycles. The number of benzene rings is 2. The molecule has 0 radical (unpaired) electrons. The molecule has 3 fully saturated rings. The molecule has 2 unspecified atom stereocenters. The zero-order chi connectivity index (χ0) is 36.2. The molecule has 3 saturated heterocycles. The number of carbonyl (C=O) groups is 5. The Hall–Kier alpha value is -4.16. The van der Waals surface area contributed by atoms with Crippen molar-refractivity contribution in [3.63, 3.8) is 0 Å². The van der Waals surface area contributed by atoms with Gasteiger partial charge in [-0.15, -0.1) is 0 Å². The lowest BCUT2D eigenvalue weighted by molar-refractivity contribution is -0.138. The molecule has 5 amide bonds. The Morgan fingerprint density at radius 3 is 2.29 bits per heavy atom. The maximum Gasteiger partial charge on any atom is 0.280 e. The largest absolute Gasteiger partial charge is 0.336 e. The number of amides is 5. The molecule has 0 bridgehead atoms. The van der Waals surface area contributed by atoms with Crippen molar-refractivity contribution in [1.82, 2.24) is 24.9 Å². The number of rotatable bonds is 5. The molecule has 2 aromatic carbocycles. The maximum atomic E-state index is 15.8. The van der Waals surface area contributed by atoms with E-state index in [4.69, 9.17) is 11.6 Å². The van der Waals surface area contributed by atoms with Crippen LogP contribution < -0.4 is 5.32 Å². The normalized spacial score (nSPS) is 25.2. The van der Waals surface area contributed by atoms with E-state index in [-0.39, 0.29) is 60.7 Å². The molecule has 2 aromatic rings. The standard InChI is InChI=1S/C38H42ClF2N5O5/c1-37(2)13-11-27(29(20-37)23-5-7-26(39)8-6-23)35(50)44-17-15-43(16-18-44)31-12-14-45(22-38(31,40)41)34(49)24-3-4-25-21-46(36(51)28(25)19-24)30-9-10-32(47)42-33(30)48/h3-8,19,30-31H,9-18,20-22H2,1-2H3,(H,42,47,48). The first kappa shape index (κ1) is 35.3. The number of halogens is 3. The molecular weight excluding hydrogens is 680 g/mol. The van der Waals surface area contributed by atoms with Gasteiger partial charge in [0.15, 0.2) is 0 Å². The maximum absolute atomic E-state index is 15.8. The van der Waals surface area contributed by atoms with E-state index in [2.05, 4.69) is 19.2 Å². The summed E-state index contributed by atoms with van der Waals surface area (Å²) in [5.41, 5.74) is 3.87. The van der Waals surface area contributed by atoms with E-state index in [1.54, 1.807) is 15.9 Å². The van der Waals surface area contributed by atoms with Gasteiger partial charge in [0.25, 0.3) is 17.7 Å². The summed E-state index contributed by atoms with van der Waals surface area (Å²) in [4.78, 5) is 70.6. The molecule has 5 aliphatic rings.